The number of rotatable bonds is 5. The molecule has 0 spiro atoms. The van der Waals surface area contributed by atoms with Crippen molar-refractivity contribution in [2.75, 3.05) is 7.11 Å². The van der Waals surface area contributed by atoms with Crippen LogP contribution in [0.25, 0.3) is 17.0 Å². The normalized spacial score (nSPS) is 11.2. The number of benzene rings is 1. The molecule has 0 amide bonds. The molecule has 4 rings (SSSR count). The number of fused-ring (bicyclic) bond motifs is 1. The lowest BCUT2D eigenvalue weighted by Gasteiger charge is -2.07. The zero-order valence-electron chi connectivity index (χ0n) is 14.0. The highest BCUT2D eigenvalue weighted by atomic mass is 35.5. The van der Waals surface area contributed by atoms with Gasteiger partial charge < -0.3 is 4.74 Å². The summed E-state index contributed by atoms with van der Waals surface area (Å²) >= 11 is 7.66. The van der Waals surface area contributed by atoms with E-state index in [1.54, 1.807) is 25.0 Å². The summed E-state index contributed by atoms with van der Waals surface area (Å²) in [4.78, 5) is 9.08. The van der Waals surface area contributed by atoms with Crippen LogP contribution in [-0.2, 0) is 12.8 Å². The lowest BCUT2D eigenvalue weighted by molar-refractivity contribution is 0.413. The van der Waals surface area contributed by atoms with Crippen LogP contribution in [0.4, 0.5) is 0 Å². The SMILES string of the molecule is COc1ccnc(CSc2nc3cc(Cl)ccc3n2-c2nnnn2C)c1. The number of aryl methyl sites for hydroxylation is 1. The van der Waals surface area contributed by atoms with Crippen molar-refractivity contribution in [2.24, 2.45) is 7.05 Å². The largest absolute Gasteiger partial charge is 0.497 e. The maximum atomic E-state index is 6.12. The van der Waals surface area contributed by atoms with Gasteiger partial charge in [0, 0.05) is 30.1 Å². The van der Waals surface area contributed by atoms with Gasteiger partial charge in [0.2, 0.25) is 0 Å². The first kappa shape index (κ1) is 16.8. The number of ether oxygens (including phenoxy) is 1. The monoisotopic (exact) mass is 387 g/mol. The van der Waals surface area contributed by atoms with Gasteiger partial charge in [0.25, 0.3) is 5.95 Å². The summed E-state index contributed by atoms with van der Waals surface area (Å²) < 4.78 is 8.77. The minimum absolute atomic E-state index is 0.580. The quantitative estimate of drug-likeness (QED) is 0.487. The molecule has 0 saturated heterocycles. The van der Waals surface area contributed by atoms with Crippen LogP contribution in [0.15, 0.2) is 41.7 Å². The maximum absolute atomic E-state index is 6.12. The smallest absolute Gasteiger partial charge is 0.256 e. The second-order valence-corrected chi connectivity index (χ2v) is 6.82. The summed E-state index contributed by atoms with van der Waals surface area (Å²) in [6.45, 7) is 0. The Morgan fingerprint density at radius 2 is 2.12 bits per heavy atom. The lowest BCUT2D eigenvalue weighted by Crippen LogP contribution is -2.05. The van der Waals surface area contributed by atoms with E-state index >= 15 is 0 Å². The van der Waals surface area contributed by atoms with E-state index in [0.29, 0.717) is 16.7 Å². The molecule has 0 atom stereocenters. The van der Waals surface area contributed by atoms with Crippen LogP contribution in [0.1, 0.15) is 5.69 Å². The van der Waals surface area contributed by atoms with E-state index in [0.717, 1.165) is 27.6 Å². The molecule has 0 N–H and O–H groups in total. The molecule has 132 valence electrons. The van der Waals surface area contributed by atoms with Crippen LogP contribution < -0.4 is 4.74 Å². The first-order valence-corrected chi connectivity index (χ1v) is 9.04. The van der Waals surface area contributed by atoms with Gasteiger partial charge in [-0.1, -0.05) is 28.5 Å². The Morgan fingerprint density at radius 3 is 2.88 bits per heavy atom. The number of nitrogens with zero attached hydrogens (tertiary/aromatic N) is 7. The summed E-state index contributed by atoms with van der Waals surface area (Å²) in [6.07, 6.45) is 1.73. The molecule has 4 aromatic rings. The van der Waals surface area contributed by atoms with Gasteiger partial charge in [-0.2, -0.15) is 0 Å². The lowest BCUT2D eigenvalue weighted by atomic mass is 10.3. The second kappa shape index (κ2) is 6.93. The molecule has 0 fully saturated rings. The van der Waals surface area contributed by atoms with Crippen LogP contribution in [0, 0.1) is 0 Å². The van der Waals surface area contributed by atoms with Crippen LogP contribution in [0.3, 0.4) is 0 Å². The van der Waals surface area contributed by atoms with Gasteiger partial charge in [-0.05, 0) is 34.7 Å². The summed E-state index contributed by atoms with van der Waals surface area (Å²) in [5.74, 6) is 1.98. The Labute approximate surface area is 158 Å². The second-order valence-electron chi connectivity index (χ2n) is 5.44. The first-order chi connectivity index (χ1) is 12.7. The zero-order valence-corrected chi connectivity index (χ0v) is 15.6. The highest BCUT2D eigenvalue weighted by Crippen LogP contribution is 2.30. The van der Waals surface area contributed by atoms with Crippen molar-refractivity contribution in [1.82, 2.24) is 34.7 Å². The third kappa shape index (κ3) is 3.11. The van der Waals surface area contributed by atoms with Gasteiger partial charge in [0.15, 0.2) is 5.16 Å². The van der Waals surface area contributed by atoms with Gasteiger partial charge in [-0.25, -0.2) is 9.67 Å². The van der Waals surface area contributed by atoms with Crippen LogP contribution in [0.5, 0.6) is 5.75 Å². The first-order valence-electron chi connectivity index (χ1n) is 7.68. The number of hydrogen-bond donors (Lipinski definition) is 0. The van der Waals surface area contributed by atoms with E-state index in [1.165, 1.54) is 11.8 Å². The molecule has 3 aromatic heterocycles. The Bertz CT molecular complexity index is 1080. The molecular formula is C16H14ClN7OS. The van der Waals surface area contributed by atoms with Crippen molar-refractivity contribution in [3.63, 3.8) is 0 Å². The van der Waals surface area contributed by atoms with Crippen molar-refractivity contribution in [1.29, 1.82) is 0 Å². The Balaban J connectivity index is 1.75. The predicted octanol–water partition coefficient (Wildman–Crippen LogP) is 2.90. The average molecular weight is 388 g/mol. The highest BCUT2D eigenvalue weighted by molar-refractivity contribution is 7.98. The number of hydrogen-bond acceptors (Lipinski definition) is 7. The van der Waals surface area contributed by atoms with E-state index in [2.05, 4.69) is 20.5 Å². The Kier molecular flexibility index (Phi) is 4.48. The summed E-state index contributed by atoms with van der Waals surface area (Å²) in [6, 6.07) is 9.28. The summed E-state index contributed by atoms with van der Waals surface area (Å²) in [7, 11) is 3.42. The van der Waals surface area contributed by atoms with Crippen LogP contribution >= 0.6 is 23.4 Å². The summed E-state index contributed by atoms with van der Waals surface area (Å²) in [5.41, 5.74) is 2.55. The van der Waals surface area contributed by atoms with Crippen molar-refractivity contribution >= 4 is 34.4 Å². The van der Waals surface area contributed by atoms with E-state index < -0.39 is 0 Å². The van der Waals surface area contributed by atoms with Crippen molar-refractivity contribution < 1.29 is 4.74 Å². The average Bonchev–Trinajstić information content (AvgIpc) is 3.22. The van der Waals surface area contributed by atoms with E-state index in [4.69, 9.17) is 21.3 Å². The molecule has 0 aliphatic heterocycles. The number of halogens is 1. The number of pyridine rings is 1. The maximum Gasteiger partial charge on any atom is 0.256 e. The van der Waals surface area contributed by atoms with Crippen LogP contribution in [0.2, 0.25) is 5.02 Å². The van der Waals surface area contributed by atoms with Gasteiger partial charge in [-0.3, -0.25) is 9.55 Å². The predicted molar refractivity (Wildman–Crippen MR) is 98.8 cm³/mol. The molecule has 3 heterocycles. The molecule has 8 nitrogen and oxygen atoms in total. The third-order valence-electron chi connectivity index (χ3n) is 3.76. The molecule has 26 heavy (non-hydrogen) atoms. The minimum atomic E-state index is 0.580. The molecular weight excluding hydrogens is 374 g/mol. The van der Waals surface area contributed by atoms with Crippen molar-refractivity contribution in [2.45, 2.75) is 10.9 Å². The fraction of sp³-hybridized carbons (Fsp3) is 0.188. The van der Waals surface area contributed by atoms with Gasteiger partial charge in [0.1, 0.15) is 5.75 Å². The third-order valence-corrected chi connectivity index (χ3v) is 4.96. The van der Waals surface area contributed by atoms with Gasteiger partial charge in [0.05, 0.1) is 23.8 Å². The molecule has 0 saturated carbocycles. The highest BCUT2D eigenvalue weighted by Gasteiger charge is 2.18. The topological polar surface area (TPSA) is 83.5 Å². The van der Waals surface area contributed by atoms with E-state index in [-0.39, 0.29) is 0 Å². The van der Waals surface area contributed by atoms with Gasteiger partial charge >= 0.3 is 0 Å². The van der Waals surface area contributed by atoms with Crippen molar-refractivity contribution in [3.05, 3.63) is 47.2 Å². The molecule has 1 aromatic carbocycles. The Hall–Kier alpha value is -2.65. The molecule has 0 aliphatic carbocycles. The zero-order chi connectivity index (χ0) is 18.1. The van der Waals surface area contributed by atoms with E-state index in [1.807, 2.05) is 34.9 Å². The number of imidazole rings is 1. The number of tetrazole rings is 1. The summed E-state index contributed by atoms with van der Waals surface area (Å²) in [5, 5.41) is 13.2. The number of thioether (sulfide) groups is 1. The molecule has 10 heteroatoms. The molecule has 0 unspecified atom stereocenters. The molecule has 0 aliphatic rings. The number of aromatic nitrogens is 7. The van der Waals surface area contributed by atoms with Crippen LogP contribution in [-0.4, -0.2) is 41.9 Å². The Morgan fingerprint density at radius 1 is 1.23 bits per heavy atom. The van der Waals surface area contributed by atoms with Crippen molar-refractivity contribution in [3.8, 4) is 11.7 Å². The van der Waals surface area contributed by atoms with E-state index in [9.17, 15) is 0 Å². The standard InChI is InChI=1S/C16H14ClN7OS/c1-23-15(20-21-22-23)24-14-4-3-10(17)7-13(14)19-16(24)26-9-11-8-12(25-2)5-6-18-11/h3-8H,9H2,1-2H3. The fourth-order valence-corrected chi connectivity index (χ4v) is 3.61. The fourth-order valence-electron chi connectivity index (χ4n) is 2.54. The van der Waals surface area contributed by atoms with Gasteiger partial charge in [-0.15, -0.1) is 0 Å². The molecule has 0 bridgehead atoms. The number of methoxy groups -OCH3 is 1. The minimum Gasteiger partial charge on any atom is -0.497 e. The molecule has 0 radical (unpaired) electrons.